The van der Waals surface area contributed by atoms with Crippen LogP contribution < -0.4 is 14.8 Å². The SMILES string of the molecule is CNCC(Oc1cc(-c2c(C)cccc2C)nc(NSc2cccc(C=O)c2)n1)c1ccc(C2CCC2)cc1. The summed E-state index contributed by atoms with van der Waals surface area (Å²) in [7, 11) is 1.93. The van der Waals surface area contributed by atoms with E-state index in [4.69, 9.17) is 14.7 Å². The second-order valence-corrected chi connectivity index (χ2v) is 10.9. The van der Waals surface area contributed by atoms with Gasteiger partial charge >= 0.3 is 0 Å². The van der Waals surface area contributed by atoms with E-state index in [1.807, 2.05) is 31.3 Å². The van der Waals surface area contributed by atoms with Crippen LogP contribution in [0.25, 0.3) is 11.3 Å². The molecule has 1 aromatic heterocycles. The number of anilines is 1. The molecular weight excluding hydrogens is 504 g/mol. The van der Waals surface area contributed by atoms with Crippen molar-refractivity contribution in [2.75, 3.05) is 18.3 Å². The van der Waals surface area contributed by atoms with Crippen molar-refractivity contribution in [1.29, 1.82) is 0 Å². The highest BCUT2D eigenvalue weighted by molar-refractivity contribution is 8.00. The summed E-state index contributed by atoms with van der Waals surface area (Å²) in [5.41, 5.74) is 7.27. The van der Waals surface area contributed by atoms with Gasteiger partial charge in [-0.2, -0.15) is 4.98 Å². The average molecular weight is 539 g/mol. The van der Waals surface area contributed by atoms with Crippen molar-refractivity contribution >= 4 is 24.2 Å². The van der Waals surface area contributed by atoms with Crippen LogP contribution in [-0.4, -0.2) is 29.8 Å². The van der Waals surface area contributed by atoms with Gasteiger partial charge in [-0.1, -0.05) is 61.0 Å². The van der Waals surface area contributed by atoms with Gasteiger partial charge < -0.3 is 10.1 Å². The van der Waals surface area contributed by atoms with Gasteiger partial charge in [0, 0.05) is 28.6 Å². The minimum absolute atomic E-state index is 0.212. The zero-order valence-corrected chi connectivity index (χ0v) is 23.4. The predicted octanol–water partition coefficient (Wildman–Crippen LogP) is 7.30. The number of nitrogens with zero attached hydrogens (tertiary/aromatic N) is 2. The Morgan fingerprint density at radius 1 is 1.00 bits per heavy atom. The van der Waals surface area contributed by atoms with E-state index >= 15 is 0 Å². The number of nitrogens with one attached hydrogen (secondary N) is 2. The number of aromatic nitrogens is 2. The number of rotatable bonds is 11. The highest BCUT2D eigenvalue weighted by Gasteiger charge is 2.21. The summed E-state index contributed by atoms with van der Waals surface area (Å²) in [5.74, 6) is 1.63. The molecule has 1 saturated carbocycles. The molecule has 5 rings (SSSR count). The molecule has 0 spiro atoms. The molecule has 3 aromatic carbocycles. The molecule has 200 valence electrons. The first kappa shape index (κ1) is 26.9. The summed E-state index contributed by atoms with van der Waals surface area (Å²) in [4.78, 5) is 21.7. The number of aryl methyl sites for hydroxylation is 2. The van der Waals surface area contributed by atoms with Gasteiger partial charge in [0.2, 0.25) is 11.8 Å². The monoisotopic (exact) mass is 538 g/mol. The Hall–Kier alpha value is -3.68. The number of hydrogen-bond donors (Lipinski definition) is 2. The van der Waals surface area contributed by atoms with Crippen LogP contribution in [0.4, 0.5) is 5.95 Å². The Morgan fingerprint density at radius 2 is 1.74 bits per heavy atom. The van der Waals surface area contributed by atoms with Crippen LogP contribution in [-0.2, 0) is 0 Å². The van der Waals surface area contributed by atoms with Gasteiger partial charge in [0.25, 0.3) is 0 Å². The molecule has 0 bridgehead atoms. The number of carbonyl (C=O) groups excluding carboxylic acids is 1. The van der Waals surface area contributed by atoms with Gasteiger partial charge in [0.05, 0.1) is 5.69 Å². The number of carbonyl (C=O) groups is 1. The van der Waals surface area contributed by atoms with Crippen molar-refractivity contribution in [3.8, 4) is 17.1 Å². The third kappa shape index (κ3) is 6.49. The van der Waals surface area contributed by atoms with E-state index in [2.05, 4.69) is 66.4 Å². The lowest BCUT2D eigenvalue weighted by Crippen LogP contribution is -2.22. The molecule has 1 aliphatic rings. The zero-order chi connectivity index (χ0) is 27.2. The van der Waals surface area contributed by atoms with Gasteiger partial charge in [0.15, 0.2) is 0 Å². The number of hydrogen-bond acceptors (Lipinski definition) is 7. The van der Waals surface area contributed by atoms with E-state index in [1.165, 1.54) is 36.8 Å². The Bertz CT molecular complexity index is 1420. The maximum Gasteiger partial charge on any atom is 0.237 e. The molecule has 0 radical (unpaired) electrons. The van der Waals surface area contributed by atoms with Gasteiger partial charge in [-0.15, -0.1) is 0 Å². The largest absolute Gasteiger partial charge is 0.468 e. The summed E-state index contributed by atoms with van der Waals surface area (Å²) in [5, 5.41) is 3.27. The second-order valence-electron chi connectivity index (χ2n) is 10.0. The molecule has 1 unspecified atom stereocenters. The number of likely N-dealkylation sites (N-methyl/N-ethyl adjacent to an activating group) is 1. The molecule has 1 aliphatic carbocycles. The average Bonchev–Trinajstić information content (AvgIpc) is 2.91. The van der Waals surface area contributed by atoms with Crippen LogP contribution in [0, 0.1) is 13.8 Å². The summed E-state index contributed by atoms with van der Waals surface area (Å²) in [6.07, 6.45) is 4.52. The summed E-state index contributed by atoms with van der Waals surface area (Å²) in [6, 6.07) is 24.4. The van der Waals surface area contributed by atoms with Gasteiger partial charge in [-0.3, -0.25) is 9.52 Å². The molecule has 1 fully saturated rings. The smallest absolute Gasteiger partial charge is 0.237 e. The highest BCUT2D eigenvalue weighted by atomic mass is 32.2. The topological polar surface area (TPSA) is 76.1 Å². The first-order valence-corrected chi connectivity index (χ1v) is 14.2. The Balaban J connectivity index is 1.45. The van der Waals surface area contributed by atoms with Crippen LogP contribution in [0.15, 0.2) is 77.7 Å². The summed E-state index contributed by atoms with van der Waals surface area (Å²) >= 11 is 1.36. The Labute approximate surface area is 234 Å². The fourth-order valence-electron chi connectivity index (χ4n) is 4.92. The molecule has 39 heavy (non-hydrogen) atoms. The number of benzene rings is 3. The van der Waals surface area contributed by atoms with Crippen molar-refractivity contribution in [2.45, 2.75) is 50.0 Å². The molecule has 2 N–H and O–H groups in total. The third-order valence-corrected chi connectivity index (χ3v) is 8.01. The van der Waals surface area contributed by atoms with Crippen LogP contribution in [0.2, 0.25) is 0 Å². The minimum Gasteiger partial charge on any atom is -0.468 e. The number of ether oxygens (including phenoxy) is 1. The summed E-state index contributed by atoms with van der Waals surface area (Å²) < 4.78 is 9.81. The second kappa shape index (κ2) is 12.5. The molecule has 1 atom stereocenters. The van der Waals surface area contributed by atoms with Gasteiger partial charge in [-0.25, -0.2) is 4.98 Å². The van der Waals surface area contributed by atoms with E-state index in [1.54, 1.807) is 6.07 Å². The fourth-order valence-corrected chi connectivity index (χ4v) is 5.56. The highest BCUT2D eigenvalue weighted by Crippen LogP contribution is 2.37. The fraction of sp³-hybridized carbons (Fsp3) is 0.281. The number of aldehydes is 1. The van der Waals surface area contributed by atoms with Crippen molar-refractivity contribution in [2.24, 2.45) is 0 Å². The van der Waals surface area contributed by atoms with Crippen LogP contribution in [0.5, 0.6) is 5.88 Å². The lowest BCUT2D eigenvalue weighted by molar-refractivity contribution is 0.112. The molecule has 0 saturated heterocycles. The molecule has 7 heteroatoms. The summed E-state index contributed by atoms with van der Waals surface area (Å²) in [6.45, 7) is 4.82. The standard InChI is InChI=1S/C32H34N4O2S/c1-21-7-4-8-22(2)31(21)28-18-30(35-32(34-28)36-39-27-12-5-9-23(17-27)20-37)38-29(19-33-3)26-15-13-25(14-16-26)24-10-6-11-24/h4-5,7-9,12-18,20,24,29,33H,6,10-11,19H2,1-3H3,(H,34,35,36). The third-order valence-electron chi connectivity index (χ3n) is 7.23. The lowest BCUT2D eigenvalue weighted by atomic mass is 9.80. The Morgan fingerprint density at radius 3 is 2.41 bits per heavy atom. The van der Waals surface area contributed by atoms with Crippen LogP contribution in [0.1, 0.15) is 63.9 Å². The van der Waals surface area contributed by atoms with Crippen LogP contribution in [0.3, 0.4) is 0 Å². The first-order valence-electron chi connectivity index (χ1n) is 13.4. The van der Waals surface area contributed by atoms with Crippen molar-refractivity contribution in [3.05, 3.63) is 101 Å². The molecule has 0 amide bonds. The van der Waals surface area contributed by atoms with Crippen molar-refractivity contribution in [3.63, 3.8) is 0 Å². The predicted molar refractivity (Wildman–Crippen MR) is 159 cm³/mol. The molecule has 1 heterocycles. The molecule has 0 aliphatic heterocycles. The normalized spacial score (nSPS) is 13.9. The van der Waals surface area contributed by atoms with E-state index in [0.717, 1.165) is 39.1 Å². The lowest BCUT2D eigenvalue weighted by Gasteiger charge is -2.26. The maximum absolute atomic E-state index is 11.2. The zero-order valence-electron chi connectivity index (χ0n) is 22.6. The quantitative estimate of drug-likeness (QED) is 0.153. The van der Waals surface area contributed by atoms with E-state index in [-0.39, 0.29) is 6.10 Å². The van der Waals surface area contributed by atoms with E-state index in [9.17, 15) is 4.79 Å². The molecule has 4 aromatic rings. The van der Waals surface area contributed by atoms with Gasteiger partial charge in [0.1, 0.15) is 12.4 Å². The minimum atomic E-state index is -0.212. The van der Waals surface area contributed by atoms with Gasteiger partial charge in [-0.05, 0) is 86.0 Å². The molecule has 6 nitrogen and oxygen atoms in total. The maximum atomic E-state index is 11.2. The van der Waals surface area contributed by atoms with E-state index in [0.29, 0.717) is 29.9 Å². The van der Waals surface area contributed by atoms with Crippen molar-refractivity contribution in [1.82, 2.24) is 15.3 Å². The van der Waals surface area contributed by atoms with E-state index < -0.39 is 0 Å². The Kier molecular flexibility index (Phi) is 8.59. The first-order chi connectivity index (χ1) is 19.0. The molecular formula is C32H34N4O2S. The van der Waals surface area contributed by atoms with Crippen molar-refractivity contribution < 1.29 is 9.53 Å². The van der Waals surface area contributed by atoms with Crippen LogP contribution >= 0.6 is 11.9 Å².